The molecule has 1 aliphatic rings. The lowest BCUT2D eigenvalue weighted by Crippen LogP contribution is -2.09. The summed E-state index contributed by atoms with van der Waals surface area (Å²) in [6.07, 6.45) is 2.51. The third-order valence-corrected chi connectivity index (χ3v) is 2.53. The molecule has 1 aromatic rings. The summed E-state index contributed by atoms with van der Waals surface area (Å²) in [4.78, 5) is 0. The van der Waals surface area contributed by atoms with Crippen LogP contribution in [0.3, 0.4) is 0 Å². The van der Waals surface area contributed by atoms with Gasteiger partial charge in [-0.05, 0) is 43.0 Å². The highest BCUT2D eigenvalue weighted by Crippen LogP contribution is 2.26. The molecule has 1 aromatic carbocycles. The number of anilines is 1. The van der Waals surface area contributed by atoms with Crippen LogP contribution in [0.4, 0.5) is 10.1 Å². The van der Waals surface area contributed by atoms with E-state index in [1.165, 1.54) is 6.07 Å². The molecule has 2 nitrogen and oxygen atoms in total. The minimum atomic E-state index is -0.184. The highest BCUT2D eigenvalue weighted by atomic mass is 19.1. The van der Waals surface area contributed by atoms with Crippen LogP contribution in [0.2, 0.25) is 0 Å². The van der Waals surface area contributed by atoms with E-state index in [1.54, 1.807) is 6.07 Å². The van der Waals surface area contributed by atoms with Gasteiger partial charge < -0.3 is 5.32 Å². The zero-order valence-corrected chi connectivity index (χ0v) is 8.15. The van der Waals surface area contributed by atoms with E-state index in [0.29, 0.717) is 5.84 Å². The summed E-state index contributed by atoms with van der Waals surface area (Å²) in [6.45, 7) is 1.87. The Morgan fingerprint density at radius 2 is 2.14 bits per heavy atom. The van der Waals surface area contributed by atoms with Crippen LogP contribution >= 0.6 is 0 Å². The van der Waals surface area contributed by atoms with Crippen molar-refractivity contribution < 1.29 is 4.39 Å². The summed E-state index contributed by atoms with van der Waals surface area (Å²) >= 11 is 0. The molecule has 3 heteroatoms. The molecule has 0 atom stereocenters. The van der Waals surface area contributed by atoms with Crippen LogP contribution in [-0.4, -0.2) is 5.84 Å². The first-order valence-electron chi connectivity index (χ1n) is 4.80. The van der Waals surface area contributed by atoms with Gasteiger partial charge in [-0.3, -0.25) is 5.41 Å². The number of benzene rings is 1. The maximum absolute atomic E-state index is 13.1. The van der Waals surface area contributed by atoms with Gasteiger partial charge >= 0.3 is 0 Å². The summed E-state index contributed by atoms with van der Waals surface area (Å²) in [5, 5.41) is 10.6. The summed E-state index contributed by atoms with van der Waals surface area (Å²) in [5.41, 5.74) is 2.80. The monoisotopic (exact) mass is 192 g/mol. The first kappa shape index (κ1) is 9.19. The number of fused-ring (bicyclic) bond motifs is 1. The second kappa shape index (κ2) is 3.40. The number of hydrogen-bond donors (Lipinski definition) is 2. The van der Waals surface area contributed by atoms with Gasteiger partial charge in [0.25, 0.3) is 0 Å². The van der Waals surface area contributed by atoms with Crippen molar-refractivity contribution in [1.29, 1.82) is 5.41 Å². The molecule has 0 aromatic heterocycles. The van der Waals surface area contributed by atoms with E-state index in [2.05, 4.69) is 5.32 Å². The average Bonchev–Trinajstić information content (AvgIpc) is 2.27. The highest BCUT2D eigenvalue weighted by Gasteiger charge is 2.13. The smallest absolute Gasteiger partial charge is 0.123 e. The van der Waals surface area contributed by atoms with Gasteiger partial charge in [0.05, 0.1) is 5.84 Å². The van der Waals surface area contributed by atoms with Crippen LogP contribution in [0.25, 0.3) is 0 Å². The van der Waals surface area contributed by atoms with E-state index < -0.39 is 0 Å². The van der Waals surface area contributed by atoms with Crippen LogP contribution in [0.5, 0.6) is 0 Å². The highest BCUT2D eigenvalue weighted by molar-refractivity contribution is 5.95. The molecule has 0 spiro atoms. The number of hydrogen-bond acceptors (Lipinski definition) is 1. The maximum atomic E-state index is 13.1. The predicted octanol–water partition coefficient (Wildman–Crippen LogP) is 2.86. The Labute approximate surface area is 82.7 Å². The van der Waals surface area contributed by atoms with Crippen LogP contribution in [0.15, 0.2) is 12.1 Å². The Bertz CT molecular complexity index is 385. The molecular formula is C11H13FN2. The fraction of sp³-hybridized carbons (Fsp3) is 0.364. The van der Waals surface area contributed by atoms with Crippen LogP contribution < -0.4 is 5.32 Å². The van der Waals surface area contributed by atoms with E-state index in [9.17, 15) is 4.39 Å². The molecule has 0 radical (unpaired) electrons. The Hall–Kier alpha value is -1.38. The first-order chi connectivity index (χ1) is 6.66. The molecule has 0 aliphatic carbocycles. The van der Waals surface area contributed by atoms with E-state index in [1.807, 2.05) is 6.92 Å². The summed E-state index contributed by atoms with van der Waals surface area (Å²) in [6, 6.07) is 3.07. The number of halogens is 1. The summed E-state index contributed by atoms with van der Waals surface area (Å²) < 4.78 is 13.1. The minimum Gasteiger partial charge on any atom is -0.344 e. The maximum Gasteiger partial charge on any atom is 0.123 e. The largest absolute Gasteiger partial charge is 0.344 e. The fourth-order valence-corrected chi connectivity index (χ4v) is 1.86. The quantitative estimate of drug-likeness (QED) is 0.651. The molecule has 1 aliphatic heterocycles. The average molecular weight is 192 g/mol. The molecule has 74 valence electrons. The van der Waals surface area contributed by atoms with E-state index >= 15 is 0 Å². The SMILES string of the molecule is Cc1cc(F)cc2c1NC(=N)CCC2. The minimum absolute atomic E-state index is 0.184. The van der Waals surface area contributed by atoms with Crippen molar-refractivity contribution in [1.82, 2.24) is 0 Å². The van der Waals surface area contributed by atoms with Crippen LogP contribution in [0, 0.1) is 18.2 Å². The van der Waals surface area contributed by atoms with E-state index in [-0.39, 0.29) is 5.82 Å². The molecule has 1 heterocycles. The molecule has 0 amide bonds. The first-order valence-corrected chi connectivity index (χ1v) is 4.80. The van der Waals surface area contributed by atoms with Crippen molar-refractivity contribution in [3.8, 4) is 0 Å². The van der Waals surface area contributed by atoms with Crippen molar-refractivity contribution in [2.45, 2.75) is 26.2 Å². The lowest BCUT2D eigenvalue weighted by Gasteiger charge is -2.11. The van der Waals surface area contributed by atoms with Crippen molar-refractivity contribution >= 4 is 11.5 Å². The van der Waals surface area contributed by atoms with Crippen molar-refractivity contribution in [3.63, 3.8) is 0 Å². The van der Waals surface area contributed by atoms with Crippen molar-refractivity contribution in [2.75, 3.05) is 5.32 Å². The molecule has 0 unspecified atom stereocenters. The Morgan fingerprint density at radius 1 is 1.36 bits per heavy atom. The van der Waals surface area contributed by atoms with Gasteiger partial charge in [-0.15, -0.1) is 0 Å². The molecule has 0 fully saturated rings. The molecule has 0 saturated carbocycles. The Morgan fingerprint density at radius 3 is 2.93 bits per heavy atom. The lowest BCUT2D eigenvalue weighted by molar-refractivity contribution is 0.624. The Kier molecular flexibility index (Phi) is 2.23. The third-order valence-electron chi connectivity index (χ3n) is 2.53. The van der Waals surface area contributed by atoms with Gasteiger partial charge in [0.15, 0.2) is 0 Å². The Balaban J connectivity index is 2.50. The van der Waals surface area contributed by atoms with Gasteiger partial charge in [-0.25, -0.2) is 4.39 Å². The topological polar surface area (TPSA) is 35.9 Å². The number of rotatable bonds is 0. The lowest BCUT2D eigenvalue weighted by atomic mass is 10.0. The summed E-state index contributed by atoms with van der Waals surface area (Å²) in [7, 11) is 0. The number of amidine groups is 1. The van der Waals surface area contributed by atoms with E-state index in [4.69, 9.17) is 5.41 Å². The van der Waals surface area contributed by atoms with Gasteiger partial charge in [-0.2, -0.15) is 0 Å². The van der Waals surface area contributed by atoms with Crippen molar-refractivity contribution in [3.05, 3.63) is 29.1 Å². The van der Waals surface area contributed by atoms with Gasteiger partial charge in [-0.1, -0.05) is 0 Å². The van der Waals surface area contributed by atoms with E-state index in [0.717, 1.165) is 36.1 Å². The normalized spacial score (nSPS) is 15.7. The molecule has 14 heavy (non-hydrogen) atoms. The molecule has 2 rings (SSSR count). The fourth-order valence-electron chi connectivity index (χ4n) is 1.86. The van der Waals surface area contributed by atoms with Crippen molar-refractivity contribution in [2.24, 2.45) is 0 Å². The second-order valence-corrected chi connectivity index (χ2v) is 3.71. The number of nitrogens with one attached hydrogen (secondary N) is 2. The van der Waals surface area contributed by atoms with Crippen LogP contribution in [-0.2, 0) is 6.42 Å². The molecule has 0 bridgehead atoms. The van der Waals surface area contributed by atoms with Gasteiger partial charge in [0.2, 0.25) is 0 Å². The third kappa shape index (κ3) is 1.62. The molecular weight excluding hydrogens is 179 g/mol. The standard InChI is InChI=1S/C11H13FN2/c1-7-5-9(12)6-8-3-2-4-10(13)14-11(7)8/h5-6H,2-4H2,1H3,(H2,13,14). The molecule has 2 N–H and O–H groups in total. The zero-order chi connectivity index (χ0) is 10.1. The predicted molar refractivity (Wildman–Crippen MR) is 55.4 cm³/mol. The summed E-state index contributed by atoms with van der Waals surface area (Å²) in [5.74, 6) is 0.343. The van der Waals surface area contributed by atoms with Crippen LogP contribution in [0.1, 0.15) is 24.0 Å². The zero-order valence-electron chi connectivity index (χ0n) is 8.15. The van der Waals surface area contributed by atoms with Gasteiger partial charge in [0, 0.05) is 12.1 Å². The second-order valence-electron chi connectivity index (χ2n) is 3.71. The van der Waals surface area contributed by atoms with Gasteiger partial charge in [0.1, 0.15) is 5.82 Å². The number of aryl methyl sites for hydroxylation is 2. The molecule has 0 saturated heterocycles.